The van der Waals surface area contributed by atoms with Gasteiger partial charge < -0.3 is 19.7 Å². The highest BCUT2D eigenvalue weighted by Crippen LogP contribution is 2.21. The number of carbonyl (C=O) groups excluding carboxylic acids is 1. The second kappa shape index (κ2) is 15.8. The molecule has 0 aliphatic heterocycles. The number of rotatable bonds is 9. The van der Waals surface area contributed by atoms with Crippen molar-refractivity contribution >= 4 is 11.9 Å². The van der Waals surface area contributed by atoms with Crippen molar-refractivity contribution in [3.8, 4) is 11.4 Å². The minimum absolute atomic E-state index is 0.262. The number of nitrogens with zero attached hydrogens (tertiary/aromatic N) is 5. The van der Waals surface area contributed by atoms with Crippen LogP contribution in [0, 0.1) is 0 Å². The van der Waals surface area contributed by atoms with Gasteiger partial charge in [-0.1, -0.05) is 24.3 Å². The summed E-state index contributed by atoms with van der Waals surface area (Å²) in [5, 5.41) is 25.3. The lowest BCUT2D eigenvalue weighted by atomic mass is 10.1. The van der Waals surface area contributed by atoms with Gasteiger partial charge in [0.1, 0.15) is 0 Å². The quantitative estimate of drug-likeness (QED) is 0.307. The molecule has 0 spiro atoms. The van der Waals surface area contributed by atoms with E-state index in [0.29, 0.717) is 5.56 Å². The number of carboxylic acid groups (broad SMARTS) is 1. The predicted molar refractivity (Wildman–Crippen MR) is 142 cm³/mol. The van der Waals surface area contributed by atoms with Crippen LogP contribution < -0.4 is 0 Å². The molecule has 0 saturated heterocycles. The van der Waals surface area contributed by atoms with E-state index in [1.54, 1.807) is 53.1 Å². The number of aromatic nitrogens is 4. The zero-order valence-electron chi connectivity index (χ0n) is 22.4. The van der Waals surface area contributed by atoms with Gasteiger partial charge >= 0.3 is 5.97 Å². The third-order valence-corrected chi connectivity index (χ3v) is 5.43. The Labute approximate surface area is 226 Å². The maximum absolute atomic E-state index is 12.1. The molecule has 2 aromatic heterocycles. The van der Waals surface area contributed by atoms with Crippen molar-refractivity contribution in [1.29, 1.82) is 0 Å². The van der Waals surface area contributed by atoms with Crippen LogP contribution >= 0.6 is 0 Å². The largest absolute Gasteiger partial charge is 0.479 e. The summed E-state index contributed by atoms with van der Waals surface area (Å²) in [6.07, 6.45) is 5.45. The van der Waals surface area contributed by atoms with Gasteiger partial charge in [-0.05, 0) is 47.5 Å². The lowest BCUT2D eigenvalue weighted by molar-refractivity contribution is -0.179. The fraction of sp³-hybridized carbons (Fsp3) is 0.259. The molecule has 39 heavy (non-hydrogen) atoms. The number of methoxy groups -OCH3 is 2. The average Bonchev–Trinajstić information content (AvgIpc) is 3.71. The number of aliphatic carboxylic acids is 1. The van der Waals surface area contributed by atoms with Gasteiger partial charge in [0.05, 0.1) is 18.5 Å². The van der Waals surface area contributed by atoms with Gasteiger partial charge in [0.25, 0.3) is 5.91 Å². The van der Waals surface area contributed by atoms with E-state index >= 15 is 0 Å². The molecule has 0 bridgehead atoms. The van der Waals surface area contributed by atoms with Crippen molar-refractivity contribution < 1.29 is 34.1 Å². The Kier molecular flexibility index (Phi) is 12.5. The molecule has 208 valence electrons. The minimum Gasteiger partial charge on any atom is -0.479 e. The molecule has 0 fully saturated rings. The van der Waals surface area contributed by atoms with Crippen molar-refractivity contribution in [2.24, 2.45) is 0 Å². The number of likely N-dealkylation sites (N-methyl/N-ethyl adjacent to an activating group) is 1. The molecule has 2 aromatic carbocycles. The normalized spacial score (nSPS) is 11.7. The molecule has 4 aromatic rings. The molecule has 0 radical (unpaired) electrons. The number of amides is 1. The lowest BCUT2D eigenvalue weighted by Gasteiger charge is -2.21. The van der Waals surface area contributed by atoms with Crippen molar-refractivity contribution in [3.63, 3.8) is 0 Å². The Morgan fingerprint density at radius 3 is 1.49 bits per heavy atom. The molecule has 2 unspecified atom stereocenters. The van der Waals surface area contributed by atoms with E-state index in [4.69, 9.17) is 24.5 Å². The van der Waals surface area contributed by atoms with E-state index in [0.717, 1.165) is 29.1 Å². The maximum Gasteiger partial charge on any atom is 0.337 e. The number of aliphatic hydroxyl groups excluding tert-OH is 1. The van der Waals surface area contributed by atoms with Crippen LogP contribution in [0.4, 0.5) is 0 Å². The highest BCUT2D eigenvalue weighted by atomic mass is 16.7. The highest BCUT2D eigenvalue weighted by molar-refractivity contribution is 5.81. The Balaban J connectivity index is 0.000000260. The van der Waals surface area contributed by atoms with E-state index in [1.165, 1.54) is 21.3 Å². The van der Waals surface area contributed by atoms with Crippen LogP contribution in [0.25, 0.3) is 11.4 Å². The van der Waals surface area contributed by atoms with Crippen LogP contribution in [0.5, 0.6) is 0 Å². The van der Waals surface area contributed by atoms with Crippen molar-refractivity contribution in [2.45, 2.75) is 12.2 Å². The van der Waals surface area contributed by atoms with Crippen molar-refractivity contribution in [3.05, 3.63) is 96.6 Å². The highest BCUT2D eigenvalue weighted by Gasteiger charge is 2.24. The van der Waals surface area contributed by atoms with E-state index < -0.39 is 18.2 Å². The lowest BCUT2D eigenvalue weighted by Crippen LogP contribution is -2.31. The first kappa shape index (κ1) is 30.9. The van der Waals surface area contributed by atoms with Crippen LogP contribution in [0.2, 0.25) is 0 Å². The Bertz CT molecular complexity index is 1240. The van der Waals surface area contributed by atoms with E-state index in [9.17, 15) is 9.59 Å². The maximum atomic E-state index is 12.1. The third-order valence-electron chi connectivity index (χ3n) is 5.43. The second-order valence-corrected chi connectivity index (χ2v) is 7.67. The monoisotopic (exact) mass is 539 g/mol. The summed E-state index contributed by atoms with van der Waals surface area (Å²) in [7, 11) is 6.85. The van der Waals surface area contributed by atoms with Crippen LogP contribution in [0.1, 0.15) is 23.3 Å². The van der Waals surface area contributed by atoms with E-state index in [1.807, 2.05) is 48.8 Å². The Morgan fingerprint density at radius 2 is 1.18 bits per heavy atom. The molecular weight excluding hydrogens is 506 g/mol. The number of aliphatic hydroxyl groups is 1. The molecule has 2 atom stereocenters. The summed E-state index contributed by atoms with van der Waals surface area (Å²) in [6.45, 7) is 0. The van der Waals surface area contributed by atoms with Gasteiger partial charge in [0.15, 0.2) is 12.2 Å². The topological polar surface area (TPSA) is 141 Å². The third kappa shape index (κ3) is 8.32. The van der Waals surface area contributed by atoms with E-state index in [2.05, 4.69) is 10.2 Å². The number of benzene rings is 2. The van der Waals surface area contributed by atoms with Crippen molar-refractivity contribution in [1.82, 2.24) is 24.6 Å². The molecular formula is C27H33N5O7. The van der Waals surface area contributed by atoms with Gasteiger partial charge in [-0.15, -0.1) is 0 Å². The minimum atomic E-state index is -1.00. The number of carboxylic acids is 1. The van der Waals surface area contributed by atoms with Gasteiger partial charge in [-0.2, -0.15) is 10.2 Å². The van der Waals surface area contributed by atoms with Gasteiger partial charge in [0, 0.05) is 53.2 Å². The fourth-order valence-corrected chi connectivity index (χ4v) is 3.46. The van der Waals surface area contributed by atoms with Gasteiger partial charge in [-0.25, -0.2) is 19.2 Å². The number of hydrogen-bond donors (Lipinski definition) is 2. The molecule has 2 N–H and O–H groups in total. The number of hydrogen-bond acceptors (Lipinski definition) is 8. The Morgan fingerprint density at radius 1 is 0.769 bits per heavy atom. The van der Waals surface area contributed by atoms with Crippen LogP contribution in [-0.4, -0.2) is 82.2 Å². The summed E-state index contributed by atoms with van der Waals surface area (Å²) >= 11 is 0. The van der Waals surface area contributed by atoms with Crippen LogP contribution in [-0.2, 0) is 23.9 Å². The summed E-state index contributed by atoms with van der Waals surface area (Å²) < 4.78 is 13.6. The van der Waals surface area contributed by atoms with Crippen LogP contribution in [0.15, 0.2) is 85.5 Å². The molecule has 1 amide bonds. The first-order chi connectivity index (χ1) is 18.9. The molecule has 0 aliphatic carbocycles. The Hall–Kier alpha value is -4.36. The fourth-order valence-electron chi connectivity index (χ4n) is 3.46. The molecule has 0 aliphatic rings. The summed E-state index contributed by atoms with van der Waals surface area (Å²) in [6, 6.07) is 18.2. The van der Waals surface area contributed by atoms with Crippen molar-refractivity contribution in [2.75, 3.05) is 35.5 Å². The average molecular weight is 540 g/mol. The molecule has 12 heteroatoms. The summed E-state index contributed by atoms with van der Waals surface area (Å²) in [4.78, 5) is 27.9. The second-order valence-electron chi connectivity index (χ2n) is 7.67. The zero-order valence-corrected chi connectivity index (χ0v) is 22.4. The number of ether oxygens (including phenoxy) is 2. The number of hydroxylamine groups is 2. The SMILES string of the molecule is CO.COC(C(=O)N(C)OC)c1ccc(-n2cccn2)cc1.COC(C(=O)O)c1ccc(-n2cccn2)cc1. The molecule has 4 rings (SSSR count). The first-order valence-corrected chi connectivity index (χ1v) is 11.6. The molecule has 2 heterocycles. The van der Waals surface area contributed by atoms with Gasteiger partial charge in [0.2, 0.25) is 0 Å². The molecule has 12 nitrogen and oxygen atoms in total. The smallest absolute Gasteiger partial charge is 0.337 e. The van der Waals surface area contributed by atoms with E-state index in [-0.39, 0.29) is 5.91 Å². The van der Waals surface area contributed by atoms with Crippen LogP contribution in [0.3, 0.4) is 0 Å². The standard InChI is InChI=1S/C14H17N3O3.C12H12N2O3.CH4O/c1-16(20-3)14(18)13(19-2)11-5-7-12(8-6-11)17-10-4-9-15-17;1-17-11(12(15)16)9-3-5-10(6-4-9)14-8-2-7-13-14;1-2/h4-10,13H,1-3H3;2-8,11H,1H3,(H,15,16);2H,1H3. The first-order valence-electron chi connectivity index (χ1n) is 11.6. The number of carbonyl (C=O) groups is 2. The summed E-state index contributed by atoms with van der Waals surface area (Å²) in [5.41, 5.74) is 3.16. The predicted octanol–water partition coefficient (Wildman–Crippen LogP) is 2.83. The van der Waals surface area contributed by atoms with Gasteiger partial charge in [-0.3, -0.25) is 9.63 Å². The zero-order chi connectivity index (χ0) is 28.8. The molecule has 0 saturated carbocycles. The summed E-state index contributed by atoms with van der Waals surface area (Å²) in [5.74, 6) is -1.26.